The number of carbonyl (C=O) groups is 1. The summed E-state index contributed by atoms with van der Waals surface area (Å²) in [7, 11) is 0. The van der Waals surface area contributed by atoms with Crippen LogP contribution in [0.2, 0.25) is 0 Å². The van der Waals surface area contributed by atoms with Crippen molar-refractivity contribution < 1.29 is 14.6 Å². The topological polar surface area (TPSA) is 62.7 Å². The maximum Gasteiger partial charge on any atom is 0.256 e. The summed E-state index contributed by atoms with van der Waals surface area (Å²) in [6, 6.07) is 3.46. The molecule has 1 unspecified atom stereocenters. The molecular weight excluding hydrogens is 304 g/mol. The number of hydrogen-bond donors (Lipinski definition) is 1. The van der Waals surface area contributed by atoms with Gasteiger partial charge < -0.3 is 14.7 Å². The molecule has 5 heteroatoms. The maximum atomic E-state index is 12.4. The lowest BCUT2D eigenvalue weighted by Crippen LogP contribution is -2.44. The molecule has 2 aliphatic rings. The molecular formula is C19H28N2O3. The first-order chi connectivity index (χ1) is 11.6. The fraction of sp³-hybridized carbons (Fsp3) is 0.684. The minimum absolute atomic E-state index is 0.229. The van der Waals surface area contributed by atoms with Gasteiger partial charge in [0.1, 0.15) is 0 Å². The number of pyridine rings is 1. The van der Waals surface area contributed by atoms with Crippen LogP contribution in [0.3, 0.4) is 0 Å². The molecule has 1 atom stereocenters. The molecule has 1 saturated carbocycles. The van der Waals surface area contributed by atoms with Gasteiger partial charge in [0.25, 0.3) is 5.91 Å². The highest BCUT2D eigenvalue weighted by Gasteiger charge is 2.30. The number of carbonyl (C=O) groups excluding carboxylic acids is 1. The summed E-state index contributed by atoms with van der Waals surface area (Å²) in [4.78, 5) is 18.2. The Hall–Kier alpha value is -1.46. The van der Waals surface area contributed by atoms with Gasteiger partial charge in [-0.2, -0.15) is 0 Å². The molecule has 1 aromatic heterocycles. The minimum atomic E-state index is -1.11. The summed E-state index contributed by atoms with van der Waals surface area (Å²) in [6.07, 6.45) is 9.29. The predicted octanol–water partition coefficient (Wildman–Crippen LogP) is 2.70. The monoisotopic (exact) mass is 332 g/mol. The molecule has 0 aromatic carbocycles. The zero-order valence-electron chi connectivity index (χ0n) is 14.4. The Kier molecular flexibility index (Phi) is 5.85. The van der Waals surface area contributed by atoms with Gasteiger partial charge in [0, 0.05) is 31.0 Å². The molecule has 24 heavy (non-hydrogen) atoms. The molecule has 0 bridgehead atoms. The predicted molar refractivity (Wildman–Crippen MR) is 91.3 cm³/mol. The molecule has 1 saturated heterocycles. The number of likely N-dealkylation sites (tertiary alicyclic amines) is 1. The summed E-state index contributed by atoms with van der Waals surface area (Å²) in [5, 5.41) is 10.2. The van der Waals surface area contributed by atoms with Gasteiger partial charge >= 0.3 is 0 Å². The molecule has 0 spiro atoms. The fourth-order valence-electron chi connectivity index (χ4n) is 3.70. The maximum absolute atomic E-state index is 12.4. The van der Waals surface area contributed by atoms with Crippen molar-refractivity contribution in [3.8, 4) is 0 Å². The molecule has 2 heterocycles. The van der Waals surface area contributed by atoms with Crippen molar-refractivity contribution in [2.75, 3.05) is 13.1 Å². The summed E-state index contributed by atoms with van der Waals surface area (Å²) in [6.45, 7) is 3.63. The van der Waals surface area contributed by atoms with Crippen LogP contribution in [0.25, 0.3) is 0 Å². The summed E-state index contributed by atoms with van der Waals surface area (Å²) in [5.41, 5.74) is 0.553. The van der Waals surface area contributed by atoms with Gasteiger partial charge in [-0.15, -0.1) is 0 Å². The van der Waals surface area contributed by atoms with Crippen molar-refractivity contribution in [1.82, 2.24) is 9.88 Å². The zero-order chi connectivity index (χ0) is 16.9. The van der Waals surface area contributed by atoms with Gasteiger partial charge in [-0.25, -0.2) is 0 Å². The smallest absolute Gasteiger partial charge is 0.256 e. The molecule has 2 fully saturated rings. The Morgan fingerprint density at radius 2 is 1.88 bits per heavy atom. The third-order valence-electron chi connectivity index (χ3n) is 5.34. The molecule has 1 N–H and O–H groups in total. The van der Waals surface area contributed by atoms with Crippen LogP contribution in [-0.2, 0) is 9.53 Å². The Balaban J connectivity index is 1.45. The van der Waals surface area contributed by atoms with Gasteiger partial charge in [-0.1, -0.05) is 13.0 Å². The number of amides is 1. The first kappa shape index (κ1) is 17.4. The molecule has 132 valence electrons. The van der Waals surface area contributed by atoms with Crippen LogP contribution in [0.1, 0.15) is 57.1 Å². The van der Waals surface area contributed by atoms with Crippen molar-refractivity contribution in [1.29, 1.82) is 0 Å². The SMILES string of the molecule is CC1CCC(OC2CCN(C(=O)C(O)c3cccnc3)CC2)CC1. The van der Waals surface area contributed by atoms with Crippen molar-refractivity contribution in [2.24, 2.45) is 5.92 Å². The summed E-state index contributed by atoms with van der Waals surface area (Å²) < 4.78 is 6.24. The van der Waals surface area contributed by atoms with Crippen LogP contribution in [0.15, 0.2) is 24.5 Å². The van der Waals surface area contributed by atoms with Crippen LogP contribution in [0.4, 0.5) is 0 Å². The average molecular weight is 332 g/mol. The highest BCUT2D eigenvalue weighted by molar-refractivity contribution is 5.82. The standard InChI is InChI=1S/C19H28N2O3/c1-14-4-6-16(7-5-14)24-17-8-11-21(12-9-17)19(23)18(22)15-3-2-10-20-13-15/h2-3,10,13-14,16-18,22H,4-9,11-12H2,1H3. The lowest BCUT2D eigenvalue weighted by Gasteiger charge is -2.36. The average Bonchev–Trinajstić information content (AvgIpc) is 2.64. The zero-order valence-corrected chi connectivity index (χ0v) is 14.4. The van der Waals surface area contributed by atoms with Gasteiger partial charge in [-0.3, -0.25) is 9.78 Å². The highest BCUT2D eigenvalue weighted by atomic mass is 16.5. The number of aliphatic hydroxyl groups is 1. The lowest BCUT2D eigenvalue weighted by atomic mass is 9.88. The van der Waals surface area contributed by atoms with Gasteiger partial charge in [-0.05, 0) is 50.5 Å². The lowest BCUT2D eigenvalue weighted by molar-refractivity contribution is -0.144. The molecule has 1 aliphatic carbocycles. The van der Waals surface area contributed by atoms with Gasteiger partial charge in [0.2, 0.25) is 0 Å². The van der Waals surface area contributed by atoms with E-state index in [1.807, 2.05) is 0 Å². The van der Waals surface area contributed by atoms with Crippen molar-refractivity contribution in [3.05, 3.63) is 30.1 Å². The van der Waals surface area contributed by atoms with Crippen molar-refractivity contribution in [2.45, 2.75) is 63.8 Å². The van der Waals surface area contributed by atoms with E-state index in [9.17, 15) is 9.90 Å². The van der Waals surface area contributed by atoms with Crippen LogP contribution in [-0.4, -0.2) is 46.2 Å². The van der Waals surface area contributed by atoms with Crippen LogP contribution in [0, 0.1) is 5.92 Å². The molecule has 1 aromatic rings. The second-order valence-electron chi connectivity index (χ2n) is 7.23. The van der Waals surface area contributed by atoms with E-state index in [-0.39, 0.29) is 12.0 Å². The number of rotatable bonds is 4. The third kappa shape index (κ3) is 4.33. The highest BCUT2D eigenvalue weighted by Crippen LogP contribution is 2.28. The van der Waals surface area contributed by atoms with Gasteiger partial charge in [0.15, 0.2) is 6.10 Å². The Morgan fingerprint density at radius 1 is 1.21 bits per heavy atom. The minimum Gasteiger partial charge on any atom is -0.378 e. The number of hydrogen-bond acceptors (Lipinski definition) is 4. The van der Waals surface area contributed by atoms with E-state index in [2.05, 4.69) is 11.9 Å². The van der Waals surface area contributed by atoms with Crippen LogP contribution in [0.5, 0.6) is 0 Å². The van der Waals surface area contributed by atoms with Gasteiger partial charge in [0.05, 0.1) is 12.2 Å². The number of aliphatic hydroxyl groups excluding tert-OH is 1. The number of ether oxygens (including phenoxy) is 1. The van der Waals surface area contributed by atoms with Crippen LogP contribution < -0.4 is 0 Å². The molecule has 5 nitrogen and oxygen atoms in total. The second kappa shape index (κ2) is 8.08. The Labute approximate surface area is 144 Å². The molecule has 1 amide bonds. The first-order valence-corrected chi connectivity index (χ1v) is 9.15. The quantitative estimate of drug-likeness (QED) is 0.921. The molecule has 0 radical (unpaired) electrons. The van der Waals surface area contributed by atoms with Crippen LogP contribution >= 0.6 is 0 Å². The Bertz CT molecular complexity index is 521. The molecule has 3 rings (SSSR count). The largest absolute Gasteiger partial charge is 0.378 e. The number of piperidine rings is 1. The van der Waals surface area contributed by atoms with E-state index in [0.717, 1.165) is 18.8 Å². The summed E-state index contributed by atoms with van der Waals surface area (Å²) >= 11 is 0. The first-order valence-electron chi connectivity index (χ1n) is 9.15. The van der Waals surface area contributed by atoms with E-state index in [1.54, 1.807) is 29.4 Å². The number of nitrogens with zero attached hydrogens (tertiary/aromatic N) is 2. The number of aromatic nitrogens is 1. The molecule has 1 aliphatic heterocycles. The van der Waals surface area contributed by atoms with E-state index >= 15 is 0 Å². The second-order valence-corrected chi connectivity index (χ2v) is 7.23. The van der Waals surface area contributed by atoms with E-state index in [4.69, 9.17) is 4.74 Å². The van der Waals surface area contributed by atoms with Crippen molar-refractivity contribution in [3.63, 3.8) is 0 Å². The van der Waals surface area contributed by atoms with Crippen molar-refractivity contribution >= 4 is 5.91 Å². The third-order valence-corrected chi connectivity index (χ3v) is 5.34. The summed E-state index contributed by atoms with van der Waals surface area (Å²) in [5.74, 6) is 0.603. The normalized spacial score (nSPS) is 27.0. The van der Waals surface area contributed by atoms with E-state index < -0.39 is 6.10 Å². The van der Waals surface area contributed by atoms with E-state index in [1.165, 1.54) is 25.7 Å². The Morgan fingerprint density at radius 3 is 2.50 bits per heavy atom. The fourth-order valence-corrected chi connectivity index (χ4v) is 3.70. The van der Waals surface area contributed by atoms with E-state index in [0.29, 0.717) is 24.8 Å².